The van der Waals surface area contributed by atoms with Crippen molar-refractivity contribution in [1.29, 1.82) is 0 Å². The number of rotatable bonds is 18. The first-order chi connectivity index (χ1) is 20.4. The van der Waals surface area contributed by atoms with Gasteiger partial charge in [0.1, 0.15) is 50.1 Å². The molecule has 8 heteroatoms. The molecule has 0 aliphatic carbocycles. The van der Waals surface area contributed by atoms with E-state index in [1.807, 2.05) is 88.4 Å². The lowest BCUT2D eigenvalue weighted by atomic mass is 10.2. The Morgan fingerprint density at radius 1 is 0.548 bits per heavy atom. The van der Waals surface area contributed by atoms with E-state index in [2.05, 4.69) is 0 Å². The molecule has 2 atom stereocenters. The Morgan fingerprint density at radius 2 is 0.976 bits per heavy atom. The number of hydrogen-bond acceptors (Lipinski definition) is 8. The van der Waals surface area contributed by atoms with Crippen molar-refractivity contribution < 1.29 is 38.6 Å². The Hall–Kier alpha value is -4.14. The van der Waals surface area contributed by atoms with Gasteiger partial charge in [-0.15, -0.1) is 0 Å². The highest BCUT2D eigenvalue weighted by Gasteiger charge is 2.13. The van der Waals surface area contributed by atoms with Gasteiger partial charge in [-0.1, -0.05) is 42.5 Å². The van der Waals surface area contributed by atoms with Crippen LogP contribution < -0.4 is 28.4 Å². The molecular weight excluding hydrogens is 536 g/mol. The summed E-state index contributed by atoms with van der Waals surface area (Å²) in [6, 6.07) is 18.3. The van der Waals surface area contributed by atoms with E-state index < -0.39 is 12.2 Å². The maximum absolute atomic E-state index is 10.5. The van der Waals surface area contributed by atoms with Crippen LogP contribution in [0, 0.1) is 0 Å². The molecule has 0 aliphatic heterocycles. The number of ether oxygens (including phenoxy) is 6. The average molecular weight is 579 g/mol. The highest BCUT2D eigenvalue weighted by molar-refractivity contribution is 5.56. The summed E-state index contributed by atoms with van der Waals surface area (Å²) in [5.74, 6) is 3.39. The Morgan fingerprint density at radius 3 is 1.38 bits per heavy atom. The van der Waals surface area contributed by atoms with Crippen LogP contribution in [0.5, 0.6) is 34.5 Å². The number of aliphatic hydroxyl groups excluding tert-OH is 2. The molecule has 226 valence electrons. The third-order valence-corrected chi connectivity index (χ3v) is 5.81. The van der Waals surface area contributed by atoms with E-state index in [4.69, 9.17) is 28.4 Å². The van der Waals surface area contributed by atoms with Gasteiger partial charge in [0.25, 0.3) is 0 Å². The summed E-state index contributed by atoms with van der Waals surface area (Å²) < 4.78 is 34.5. The zero-order valence-corrected chi connectivity index (χ0v) is 24.8. The Bertz CT molecular complexity index is 1190. The molecule has 0 spiro atoms. The molecule has 0 amide bonds. The molecule has 8 nitrogen and oxygen atoms in total. The van der Waals surface area contributed by atoms with Gasteiger partial charge in [0.05, 0.1) is 13.2 Å². The first-order valence-electron chi connectivity index (χ1n) is 14.2. The largest absolute Gasteiger partial charge is 0.491 e. The predicted octanol–water partition coefficient (Wildman–Crippen LogP) is 6.19. The van der Waals surface area contributed by atoms with Crippen LogP contribution in [0.1, 0.15) is 38.8 Å². The molecule has 2 N–H and O–H groups in total. The molecule has 0 aromatic heterocycles. The molecule has 0 bridgehead atoms. The topological polar surface area (TPSA) is 95.8 Å². The van der Waals surface area contributed by atoms with Crippen LogP contribution in [-0.4, -0.2) is 62.1 Å². The standard InChI is InChI=1S/C34H42O8/c1-5-10-25-14-16-31(37-7-3)33(18-25)41-23-27(35)21-39-29-12-9-13-30(20-29)40-22-28(36)24-42-34-19-26(11-6-2)15-17-32(34)38-8-4/h5-6,9-20,27-28,35-36H,7-8,21-24H2,1-4H3/b10-5+,11-6+. The van der Waals surface area contributed by atoms with Crippen LogP contribution in [0.15, 0.2) is 72.8 Å². The van der Waals surface area contributed by atoms with Crippen molar-refractivity contribution in [3.8, 4) is 34.5 Å². The minimum atomic E-state index is -0.874. The highest BCUT2D eigenvalue weighted by atomic mass is 16.5. The molecule has 3 aromatic carbocycles. The van der Waals surface area contributed by atoms with Gasteiger partial charge in [0, 0.05) is 6.07 Å². The zero-order valence-electron chi connectivity index (χ0n) is 24.8. The maximum atomic E-state index is 10.5. The highest BCUT2D eigenvalue weighted by Crippen LogP contribution is 2.30. The molecule has 42 heavy (non-hydrogen) atoms. The smallest absolute Gasteiger partial charge is 0.161 e. The summed E-state index contributed by atoms with van der Waals surface area (Å²) in [5, 5.41) is 20.9. The molecule has 3 aromatic rings. The molecule has 0 saturated carbocycles. The second-order valence-electron chi connectivity index (χ2n) is 9.30. The van der Waals surface area contributed by atoms with Gasteiger partial charge in [-0.25, -0.2) is 0 Å². The van der Waals surface area contributed by atoms with Crippen molar-refractivity contribution in [3.05, 3.63) is 83.9 Å². The van der Waals surface area contributed by atoms with Crippen LogP contribution in [0.25, 0.3) is 12.2 Å². The SMILES string of the molecule is C/C=C/c1ccc(OCC)c(OCC(O)COc2cccc(OCC(O)COc3cc(/C=C/C)ccc3OCC)c2)c1. The quantitative estimate of drug-likeness (QED) is 0.185. The Kier molecular flexibility index (Phi) is 13.6. The van der Waals surface area contributed by atoms with Crippen molar-refractivity contribution >= 4 is 12.2 Å². The van der Waals surface area contributed by atoms with Gasteiger partial charge < -0.3 is 38.6 Å². The average Bonchev–Trinajstić information content (AvgIpc) is 2.99. The second kappa shape index (κ2) is 17.6. The summed E-state index contributed by atoms with van der Waals surface area (Å²) in [5.41, 5.74) is 1.95. The minimum absolute atomic E-state index is 0.0207. The molecule has 0 aliphatic rings. The van der Waals surface area contributed by atoms with Crippen LogP contribution in [0.4, 0.5) is 0 Å². The van der Waals surface area contributed by atoms with Gasteiger partial charge in [-0.2, -0.15) is 0 Å². The zero-order chi connectivity index (χ0) is 30.2. The van der Waals surface area contributed by atoms with E-state index in [1.165, 1.54) is 0 Å². The number of hydrogen-bond donors (Lipinski definition) is 2. The minimum Gasteiger partial charge on any atom is -0.491 e. The van der Waals surface area contributed by atoms with Crippen molar-refractivity contribution in [3.63, 3.8) is 0 Å². The van der Waals surface area contributed by atoms with E-state index >= 15 is 0 Å². The molecule has 0 heterocycles. The summed E-state index contributed by atoms with van der Waals surface area (Å²) in [7, 11) is 0. The molecule has 0 saturated heterocycles. The van der Waals surface area contributed by atoms with E-state index in [1.54, 1.807) is 24.3 Å². The molecule has 0 radical (unpaired) electrons. The Balaban J connectivity index is 1.47. The molecule has 3 rings (SSSR count). The van der Waals surface area contributed by atoms with Crippen LogP contribution >= 0.6 is 0 Å². The molecule has 2 unspecified atom stereocenters. The van der Waals surface area contributed by atoms with E-state index in [0.29, 0.717) is 47.7 Å². The Labute approximate surface area is 248 Å². The first-order valence-corrected chi connectivity index (χ1v) is 14.2. The molecule has 0 fully saturated rings. The first kappa shape index (κ1) is 32.4. The van der Waals surface area contributed by atoms with E-state index in [-0.39, 0.29) is 26.4 Å². The van der Waals surface area contributed by atoms with E-state index in [0.717, 1.165) is 11.1 Å². The van der Waals surface area contributed by atoms with E-state index in [9.17, 15) is 10.2 Å². The monoisotopic (exact) mass is 578 g/mol. The fourth-order valence-electron chi connectivity index (χ4n) is 3.92. The molecular formula is C34H42O8. The maximum Gasteiger partial charge on any atom is 0.161 e. The predicted molar refractivity (Wildman–Crippen MR) is 165 cm³/mol. The third kappa shape index (κ3) is 10.7. The third-order valence-electron chi connectivity index (χ3n) is 5.81. The van der Waals surface area contributed by atoms with Crippen molar-refractivity contribution in [2.75, 3.05) is 39.6 Å². The van der Waals surface area contributed by atoms with Gasteiger partial charge in [0.15, 0.2) is 23.0 Å². The van der Waals surface area contributed by atoms with Gasteiger partial charge in [-0.05, 0) is 75.2 Å². The van der Waals surface area contributed by atoms with Crippen molar-refractivity contribution in [1.82, 2.24) is 0 Å². The fraction of sp³-hybridized carbons (Fsp3) is 0.353. The van der Waals surface area contributed by atoms with Crippen LogP contribution in [-0.2, 0) is 0 Å². The summed E-state index contributed by atoms with van der Waals surface area (Å²) >= 11 is 0. The van der Waals surface area contributed by atoms with Crippen LogP contribution in [0.3, 0.4) is 0 Å². The summed E-state index contributed by atoms with van der Waals surface area (Å²) in [6.07, 6.45) is 6.07. The normalized spacial score (nSPS) is 12.7. The summed E-state index contributed by atoms with van der Waals surface area (Å²) in [4.78, 5) is 0. The number of aliphatic hydroxyl groups is 2. The second-order valence-corrected chi connectivity index (χ2v) is 9.30. The van der Waals surface area contributed by atoms with Crippen LogP contribution in [0.2, 0.25) is 0 Å². The van der Waals surface area contributed by atoms with Crippen molar-refractivity contribution in [2.45, 2.75) is 39.9 Å². The summed E-state index contributed by atoms with van der Waals surface area (Å²) in [6.45, 7) is 8.82. The number of allylic oxidation sites excluding steroid dienone is 2. The van der Waals surface area contributed by atoms with Crippen molar-refractivity contribution in [2.24, 2.45) is 0 Å². The lowest BCUT2D eigenvalue weighted by Gasteiger charge is -2.17. The fourth-order valence-corrected chi connectivity index (χ4v) is 3.92. The van der Waals surface area contributed by atoms with Gasteiger partial charge in [-0.3, -0.25) is 0 Å². The lowest BCUT2D eigenvalue weighted by Crippen LogP contribution is -2.25. The number of benzene rings is 3. The van der Waals surface area contributed by atoms with Gasteiger partial charge in [0.2, 0.25) is 0 Å². The lowest BCUT2D eigenvalue weighted by molar-refractivity contribution is 0.0589. The van der Waals surface area contributed by atoms with Gasteiger partial charge >= 0.3 is 0 Å².